The number of fused-ring (bicyclic) bond motifs is 3. The Labute approximate surface area is 109 Å². The molecule has 0 aromatic rings. The van der Waals surface area contributed by atoms with Crippen LogP contribution in [0.4, 0.5) is 0 Å². The van der Waals surface area contributed by atoms with E-state index in [1.54, 1.807) is 0 Å². The maximum absolute atomic E-state index is 12.0. The predicted molar refractivity (Wildman–Crippen MR) is 69.8 cm³/mol. The number of nitrogens with two attached hydrogens (primary N) is 1. The first-order chi connectivity index (χ1) is 8.67. The normalized spacial score (nSPS) is 46.6. The van der Waals surface area contributed by atoms with Gasteiger partial charge in [-0.25, -0.2) is 0 Å². The number of esters is 1. The fourth-order valence-electron chi connectivity index (χ4n) is 5.08. The van der Waals surface area contributed by atoms with Crippen molar-refractivity contribution in [2.45, 2.75) is 57.9 Å². The van der Waals surface area contributed by atoms with Gasteiger partial charge in [-0.15, -0.1) is 0 Å². The lowest BCUT2D eigenvalue weighted by molar-refractivity contribution is -0.151. The zero-order chi connectivity index (χ0) is 12.8. The van der Waals surface area contributed by atoms with Crippen molar-refractivity contribution in [3.05, 3.63) is 0 Å². The van der Waals surface area contributed by atoms with Crippen molar-refractivity contribution in [2.75, 3.05) is 6.61 Å². The van der Waals surface area contributed by atoms with E-state index in [1.807, 2.05) is 6.92 Å². The van der Waals surface area contributed by atoms with E-state index in [0.717, 1.165) is 31.1 Å². The van der Waals surface area contributed by atoms with Crippen LogP contribution in [-0.2, 0) is 9.53 Å². The number of hydrogen-bond acceptors (Lipinski definition) is 3. The molecule has 5 atom stereocenters. The Morgan fingerprint density at radius 2 is 2.22 bits per heavy atom. The van der Waals surface area contributed by atoms with Crippen molar-refractivity contribution in [1.82, 2.24) is 0 Å². The number of rotatable bonds is 2. The molecule has 18 heavy (non-hydrogen) atoms. The van der Waals surface area contributed by atoms with E-state index >= 15 is 0 Å². The first-order valence-corrected chi connectivity index (χ1v) is 7.59. The number of hydrogen-bond donors (Lipinski definition) is 1. The number of ether oxygens (including phenoxy) is 1. The van der Waals surface area contributed by atoms with Gasteiger partial charge in [-0.2, -0.15) is 0 Å². The molecule has 2 N–H and O–H groups in total. The third-order valence-electron chi connectivity index (χ3n) is 5.90. The molecule has 2 bridgehead atoms. The molecular weight excluding hydrogens is 226 g/mol. The highest BCUT2D eigenvalue weighted by Crippen LogP contribution is 2.61. The van der Waals surface area contributed by atoms with Gasteiger partial charge < -0.3 is 10.5 Å². The average molecular weight is 251 g/mol. The lowest BCUT2D eigenvalue weighted by Crippen LogP contribution is -2.49. The minimum Gasteiger partial charge on any atom is -0.466 e. The van der Waals surface area contributed by atoms with Crippen molar-refractivity contribution in [2.24, 2.45) is 28.9 Å². The van der Waals surface area contributed by atoms with Gasteiger partial charge in [0.05, 0.1) is 12.5 Å². The van der Waals surface area contributed by atoms with E-state index in [9.17, 15) is 4.79 Å². The summed E-state index contributed by atoms with van der Waals surface area (Å²) in [4.78, 5) is 12.0. The fraction of sp³-hybridized carbons (Fsp3) is 0.933. The molecule has 2 unspecified atom stereocenters. The smallest absolute Gasteiger partial charge is 0.308 e. The predicted octanol–water partition coefficient (Wildman–Crippen LogP) is 2.48. The van der Waals surface area contributed by atoms with E-state index in [-0.39, 0.29) is 17.3 Å². The van der Waals surface area contributed by atoms with Gasteiger partial charge in [0, 0.05) is 6.04 Å². The van der Waals surface area contributed by atoms with Crippen molar-refractivity contribution in [1.29, 1.82) is 0 Å². The van der Waals surface area contributed by atoms with Gasteiger partial charge in [0.1, 0.15) is 0 Å². The van der Waals surface area contributed by atoms with Crippen LogP contribution in [0.2, 0.25) is 0 Å². The molecule has 3 fully saturated rings. The third-order valence-corrected chi connectivity index (χ3v) is 5.90. The molecule has 0 radical (unpaired) electrons. The summed E-state index contributed by atoms with van der Waals surface area (Å²) in [6.07, 6.45) is 8.37. The van der Waals surface area contributed by atoms with Gasteiger partial charge in [0.15, 0.2) is 0 Å². The van der Waals surface area contributed by atoms with Crippen LogP contribution in [0.15, 0.2) is 0 Å². The van der Waals surface area contributed by atoms with Crippen LogP contribution in [0, 0.1) is 23.2 Å². The van der Waals surface area contributed by atoms with Gasteiger partial charge in [0.25, 0.3) is 0 Å². The molecule has 0 aromatic heterocycles. The van der Waals surface area contributed by atoms with Crippen molar-refractivity contribution < 1.29 is 9.53 Å². The number of carbonyl (C=O) groups is 1. The van der Waals surface area contributed by atoms with Crippen LogP contribution in [0.3, 0.4) is 0 Å². The van der Waals surface area contributed by atoms with Crippen molar-refractivity contribution >= 4 is 5.97 Å². The molecule has 0 saturated heterocycles. The van der Waals surface area contributed by atoms with E-state index in [2.05, 4.69) is 0 Å². The topological polar surface area (TPSA) is 52.3 Å². The van der Waals surface area contributed by atoms with Gasteiger partial charge in [-0.05, 0) is 62.7 Å². The summed E-state index contributed by atoms with van der Waals surface area (Å²) in [5, 5.41) is 0. The molecule has 0 amide bonds. The zero-order valence-corrected chi connectivity index (χ0v) is 11.4. The molecular formula is C15H25NO2. The standard InChI is InChI=1S/C15H25NO2/c1-2-18-14(17)11-4-3-7-15(9-11)12-6-5-10(8-12)13(15)16/h10-13H,2-9,16H2,1H3/t10?,11-,12?,13+,15-/m0/s1. The molecule has 102 valence electrons. The Kier molecular flexibility index (Phi) is 3.13. The maximum Gasteiger partial charge on any atom is 0.308 e. The second kappa shape index (κ2) is 4.52. The minimum atomic E-state index is 0.0200. The van der Waals surface area contributed by atoms with Crippen LogP contribution >= 0.6 is 0 Å². The minimum absolute atomic E-state index is 0.0200. The van der Waals surface area contributed by atoms with Gasteiger partial charge in [-0.3, -0.25) is 4.79 Å². The third kappa shape index (κ3) is 1.70. The molecule has 0 aromatic carbocycles. The Morgan fingerprint density at radius 1 is 1.39 bits per heavy atom. The SMILES string of the molecule is CCOC(=O)[C@H]1CCC[C@]2(C1)C1CCC(C1)[C@H]2N. The summed E-state index contributed by atoms with van der Waals surface area (Å²) in [5.74, 6) is 1.65. The van der Waals surface area contributed by atoms with Crippen LogP contribution in [0.1, 0.15) is 51.9 Å². The summed E-state index contributed by atoms with van der Waals surface area (Å²) in [6.45, 7) is 2.39. The van der Waals surface area contributed by atoms with Crippen LogP contribution < -0.4 is 5.73 Å². The highest BCUT2D eigenvalue weighted by atomic mass is 16.5. The molecule has 0 aliphatic heterocycles. The van der Waals surface area contributed by atoms with E-state index < -0.39 is 0 Å². The highest BCUT2D eigenvalue weighted by molar-refractivity contribution is 5.72. The Bertz CT molecular complexity index is 339. The maximum atomic E-state index is 12.0. The van der Waals surface area contributed by atoms with Crippen LogP contribution in [0.5, 0.6) is 0 Å². The number of carbonyl (C=O) groups excluding carboxylic acids is 1. The van der Waals surface area contributed by atoms with Crippen LogP contribution in [-0.4, -0.2) is 18.6 Å². The first-order valence-electron chi connectivity index (χ1n) is 7.59. The molecule has 0 heterocycles. The quantitative estimate of drug-likeness (QED) is 0.767. The molecule has 3 saturated carbocycles. The molecule has 3 heteroatoms. The van der Waals surface area contributed by atoms with E-state index in [1.165, 1.54) is 25.7 Å². The second-order valence-corrected chi connectivity index (χ2v) is 6.57. The van der Waals surface area contributed by atoms with Crippen molar-refractivity contribution in [3.8, 4) is 0 Å². The van der Waals surface area contributed by atoms with Gasteiger partial charge in [-0.1, -0.05) is 6.42 Å². The Hall–Kier alpha value is -0.570. The lowest BCUT2D eigenvalue weighted by atomic mass is 9.59. The van der Waals surface area contributed by atoms with E-state index in [0.29, 0.717) is 12.6 Å². The Morgan fingerprint density at radius 3 is 2.89 bits per heavy atom. The fourth-order valence-corrected chi connectivity index (χ4v) is 5.08. The van der Waals surface area contributed by atoms with Crippen LogP contribution in [0.25, 0.3) is 0 Å². The molecule has 3 nitrogen and oxygen atoms in total. The molecule has 1 spiro atoms. The summed E-state index contributed by atoms with van der Waals surface area (Å²) in [7, 11) is 0. The van der Waals surface area contributed by atoms with Crippen molar-refractivity contribution in [3.63, 3.8) is 0 Å². The van der Waals surface area contributed by atoms with Gasteiger partial charge >= 0.3 is 5.97 Å². The highest BCUT2D eigenvalue weighted by Gasteiger charge is 2.58. The second-order valence-electron chi connectivity index (χ2n) is 6.57. The molecule has 3 rings (SSSR count). The summed E-state index contributed by atoms with van der Waals surface area (Å²) < 4.78 is 5.22. The summed E-state index contributed by atoms with van der Waals surface area (Å²) in [5.41, 5.74) is 6.79. The largest absolute Gasteiger partial charge is 0.466 e. The monoisotopic (exact) mass is 251 g/mol. The summed E-state index contributed by atoms with van der Waals surface area (Å²) in [6, 6.07) is 0.341. The lowest BCUT2D eigenvalue weighted by Gasteiger charge is -2.47. The molecule has 3 aliphatic carbocycles. The van der Waals surface area contributed by atoms with Gasteiger partial charge in [0.2, 0.25) is 0 Å². The average Bonchev–Trinajstić information content (AvgIpc) is 2.94. The summed E-state index contributed by atoms with van der Waals surface area (Å²) >= 11 is 0. The zero-order valence-electron chi connectivity index (χ0n) is 11.4. The first kappa shape index (κ1) is 12.5. The van der Waals surface area contributed by atoms with E-state index in [4.69, 9.17) is 10.5 Å². The molecule has 3 aliphatic rings. The Balaban J connectivity index is 1.75.